The molecule has 2 unspecified atom stereocenters. The second-order valence-corrected chi connectivity index (χ2v) is 4.85. The lowest BCUT2D eigenvalue weighted by Gasteiger charge is -2.34. The van der Waals surface area contributed by atoms with Crippen molar-refractivity contribution in [3.05, 3.63) is 22.7 Å². The van der Waals surface area contributed by atoms with Crippen molar-refractivity contribution in [3.63, 3.8) is 0 Å². The summed E-state index contributed by atoms with van der Waals surface area (Å²) < 4.78 is 13.2. The molecule has 0 aliphatic carbocycles. The fourth-order valence-corrected chi connectivity index (χ4v) is 2.82. The number of nitrogens with two attached hydrogens (primary N) is 1. The van der Waals surface area contributed by atoms with Gasteiger partial charge in [-0.05, 0) is 12.5 Å². The topological polar surface area (TPSA) is 79.4 Å². The first kappa shape index (κ1) is 11.7. The summed E-state index contributed by atoms with van der Waals surface area (Å²) in [6, 6.07) is 1.56. The van der Waals surface area contributed by atoms with Gasteiger partial charge in [0, 0.05) is 12.6 Å². The van der Waals surface area contributed by atoms with Gasteiger partial charge in [-0.25, -0.2) is 4.79 Å². The van der Waals surface area contributed by atoms with E-state index in [-0.39, 0.29) is 35.9 Å². The number of hydrogen-bond acceptors (Lipinski definition) is 5. The van der Waals surface area contributed by atoms with Crippen molar-refractivity contribution in [2.45, 2.75) is 44.1 Å². The van der Waals surface area contributed by atoms with Crippen LogP contribution < -0.4 is 11.4 Å². The van der Waals surface area contributed by atoms with E-state index in [0.29, 0.717) is 6.61 Å². The zero-order chi connectivity index (χ0) is 12.7. The Balaban J connectivity index is 1.92. The average molecular weight is 251 g/mol. The van der Waals surface area contributed by atoms with E-state index in [1.165, 1.54) is 0 Å². The largest absolute Gasteiger partial charge is 0.383 e. The molecule has 0 amide bonds. The van der Waals surface area contributed by atoms with E-state index in [9.17, 15) is 4.79 Å². The summed E-state index contributed by atoms with van der Waals surface area (Å²) in [6.45, 7) is 2.64. The molecule has 3 rings (SSSR count). The summed E-state index contributed by atoms with van der Waals surface area (Å²) in [7, 11) is 0. The Kier molecular flexibility index (Phi) is 2.83. The van der Waals surface area contributed by atoms with E-state index in [4.69, 9.17) is 15.2 Å². The Morgan fingerprint density at radius 2 is 2.39 bits per heavy atom. The van der Waals surface area contributed by atoms with Gasteiger partial charge >= 0.3 is 5.69 Å². The molecule has 0 saturated carbocycles. The standard InChI is InChI=1S/C12H17N3O3/c1-2-7-5-8-11(9(18-7)6-17-8)15-4-3-10(13)14-12(15)16/h3-4,7-9,11H,2,5-6H2,1H3,(H2,13,14,16)/t7-,8?,9?,11+/m1/s1. The monoisotopic (exact) mass is 251 g/mol. The van der Waals surface area contributed by atoms with E-state index in [2.05, 4.69) is 11.9 Å². The van der Waals surface area contributed by atoms with Crippen molar-refractivity contribution in [2.24, 2.45) is 0 Å². The molecular weight excluding hydrogens is 234 g/mol. The maximum atomic E-state index is 11.9. The Morgan fingerprint density at radius 1 is 1.56 bits per heavy atom. The Hall–Kier alpha value is -1.40. The molecule has 3 heterocycles. The molecular formula is C12H17N3O3. The second kappa shape index (κ2) is 4.37. The van der Waals surface area contributed by atoms with Gasteiger partial charge in [-0.15, -0.1) is 0 Å². The molecule has 2 aliphatic heterocycles. The molecule has 4 atom stereocenters. The molecule has 6 nitrogen and oxygen atoms in total. The summed E-state index contributed by atoms with van der Waals surface area (Å²) in [5.74, 6) is 0.243. The van der Waals surface area contributed by atoms with E-state index in [0.717, 1.165) is 12.8 Å². The predicted molar refractivity (Wildman–Crippen MR) is 65.3 cm³/mol. The van der Waals surface area contributed by atoms with Crippen LogP contribution >= 0.6 is 0 Å². The molecule has 6 heteroatoms. The zero-order valence-electron chi connectivity index (χ0n) is 10.3. The molecule has 2 aliphatic rings. The number of ether oxygens (including phenoxy) is 2. The van der Waals surface area contributed by atoms with Crippen LogP contribution in [0.1, 0.15) is 25.8 Å². The predicted octanol–water partition coefficient (Wildman–Crippen LogP) is 0.333. The van der Waals surface area contributed by atoms with Gasteiger partial charge in [-0.1, -0.05) is 6.92 Å². The van der Waals surface area contributed by atoms with Crippen molar-refractivity contribution < 1.29 is 9.47 Å². The van der Waals surface area contributed by atoms with Crippen LogP contribution in [0.2, 0.25) is 0 Å². The number of nitrogen functional groups attached to an aromatic ring is 1. The number of nitrogens with zero attached hydrogens (tertiary/aromatic N) is 2. The molecule has 18 heavy (non-hydrogen) atoms. The molecule has 98 valence electrons. The van der Waals surface area contributed by atoms with E-state index >= 15 is 0 Å². The molecule has 0 spiro atoms. The van der Waals surface area contributed by atoms with Crippen LogP contribution in [0.5, 0.6) is 0 Å². The summed E-state index contributed by atoms with van der Waals surface area (Å²) in [6.07, 6.45) is 3.69. The van der Waals surface area contributed by atoms with Crippen molar-refractivity contribution in [2.75, 3.05) is 12.3 Å². The Bertz CT molecular complexity index is 488. The SMILES string of the molecule is CC[C@@H]1CC2OCC(O1)[C@H]2n1ccc(N)nc1=O. The van der Waals surface area contributed by atoms with Gasteiger partial charge in [0.15, 0.2) is 0 Å². The molecule has 2 bridgehead atoms. The van der Waals surface area contributed by atoms with Crippen molar-refractivity contribution in [1.82, 2.24) is 9.55 Å². The third-order valence-corrected chi connectivity index (χ3v) is 3.73. The maximum absolute atomic E-state index is 11.9. The van der Waals surface area contributed by atoms with Gasteiger partial charge in [0.1, 0.15) is 11.9 Å². The number of aromatic nitrogens is 2. The summed E-state index contributed by atoms with van der Waals surface area (Å²) in [5.41, 5.74) is 5.16. The molecule has 1 aromatic rings. The molecule has 1 aromatic heterocycles. The van der Waals surface area contributed by atoms with Crippen LogP contribution in [0.15, 0.2) is 17.1 Å². The van der Waals surface area contributed by atoms with Crippen molar-refractivity contribution in [3.8, 4) is 0 Å². The lowest BCUT2D eigenvalue weighted by Crippen LogP contribution is -2.44. The fraction of sp³-hybridized carbons (Fsp3) is 0.667. The van der Waals surface area contributed by atoms with Gasteiger partial charge in [0.2, 0.25) is 0 Å². The van der Waals surface area contributed by atoms with Crippen LogP contribution in [-0.4, -0.2) is 34.5 Å². The normalized spacial score (nSPS) is 34.7. The highest BCUT2D eigenvalue weighted by Crippen LogP contribution is 2.37. The summed E-state index contributed by atoms with van der Waals surface area (Å²) in [4.78, 5) is 15.6. The quantitative estimate of drug-likeness (QED) is 0.819. The van der Waals surface area contributed by atoms with Crippen molar-refractivity contribution in [1.29, 1.82) is 0 Å². The van der Waals surface area contributed by atoms with Crippen LogP contribution in [0.4, 0.5) is 5.82 Å². The summed E-state index contributed by atoms with van der Waals surface area (Å²) >= 11 is 0. The van der Waals surface area contributed by atoms with E-state index in [1.54, 1.807) is 16.8 Å². The molecule has 2 saturated heterocycles. The molecule has 2 fully saturated rings. The van der Waals surface area contributed by atoms with Crippen molar-refractivity contribution >= 4 is 5.82 Å². The molecule has 2 N–H and O–H groups in total. The highest BCUT2D eigenvalue weighted by atomic mass is 16.6. The minimum atomic E-state index is -0.334. The first-order valence-corrected chi connectivity index (χ1v) is 6.30. The zero-order valence-corrected chi connectivity index (χ0v) is 10.3. The van der Waals surface area contributed by atoms with Crippen LogP contribution in [0.25, 0.3) is 0 Å². The van der Waals surface area contributed by atoms with Gasteiger partial charge in [0.25, 0.3) is 0 Å². The lowest BCUT2D eigenvalue weighted by atomic mass is 9.97. The minimum absolute atomic E-state index is 0.0387. The number of hydrogen-bond donors (Lipinski definition) is 1. The van der Waals surface area contributed by atoms with E-state index < -0.39 is 0 Å². The van der Waals surface area contributed by atoms with E-state index in [1.807, 2.05) is 0 Å². The highest BCUT2D eigenvalue weighted by molar-refractivity contribution is 5.24. The van der Waals surface area contributed by atoms with Crippen LogP contribution in [0, 0.1) is 0 Å². The van der Waals surface area contributed by atoms with Crippen LogP contribution in [0.3, 0.4) is 0 Å². The summed E-state index contributed by atoms with van der Waals surface area (Å²) in [5, 5.41) is 0. The van der Waals surface area contributed by atoms with Gasteiger partial charge in [-0.3, -0.25) is 4.57 Å². The third-order valence-electron chi connectivity index (χ3n) is 3.73. The molecule has 0 radical (unpaired) electrons. The Morgan fingerprint density at radius 3 is 3.06 bits per heavy atom. The van der Waals surface area contributed by atoms with Gasteiger partial charge < -0.3 is 15.2 Å². The van der Waals surface area contributed by atoms with Gasteiger partial charge in [0.05, 0.1) is 24.9 Å². The average Bonchev–Trinajstić information content (AvgIpc) is 2.60. The molecule has 0 aromatic carbocycles. The lowest BCUT2D eigenvalue weighted by molar-refractivity contribution is -0.0624. The number of anilines is 1. The number of fused-ring (bicyclic) bond motifs is 2. The van der Waals surface area contributed by atoms with Gasteiger partial charge in [-0.2, -0.15) is 4.98 Å². The smallest absolute Gasteiger partial charge is 0.349 e. The maximum Gasteiger partial charge on any atom is 0.349 e. The van der Waals surface area contributed by atoms with Crippen LogP contribution in [-0.2, 0) is 9.47 Å². The fourth-order valence-electron chi connectivity index (χ4n) is 2.82. The minimum Gasteiger partial charge on any atom is -0.383 e. The third kappa shape index (κ3) is 1.81. The first-order chi connectivity index (χ1) is 8.69. The first-order valence-electron chi connectivity index (χ1n) is 6.30. The Labute approximate surface area is 105 Å². The highest BCUT2D eigenvalue weighted by Gasteiger charge is 2.45. The second-order valence-electron chi connectivity index (χ2n) is 4.85. The number of rotatable bonds is 2.